The van der Waals surface area contributed by atoms with Gasteiger partial charge in [-0.2, -0.15) is 5.23 Å². The van der Waals surface area contributed by atoms with Crippen LogP contribution in [0.5, 0.6) is 17.2 Å². The molecule has 0 aliphatic carbocycles. The van der Waals surface area contributed by atoms with Gasteiger partial charge in [-0.15, -0.1) is 0 Å². The zero-order chi connectivity index (χ0) is 22.0. The lowest BCUT2D eigenvalue weighted by atomic mass is 10.2. The quantitative estimate of drug-likeness (QED) is 0.387. The first-order valence-corrected chi connectivity index (χ1v) is 10.2. The van der Waals surface area contributed by atoms with Gasteiger partial charge in [0.2, 0.25) is 11.2 Å². The summed E-state index contributed by atoms with van der Waals surface area (Å²) in [6.45, 7) is 1.92. The molecule has 8 heteroatoms. The predicted octanol–water partition coefficient (Wildman–Crippen LogP) is 4.64. The third-order valence-corrected chi connectivity index (χ3v) is 5.30. The standard InChI is InChI=1S/C23H18BrNO6/c1-14-23(31-20-5-3-2-4-19(20)24)22(26)18-11-10-17(12-21(18)30-14)29-13-15-6-8-16(9-7-15)25(27)28/h2-12,25,27H,13H2,1H3. The van der Waals surface area contributed by atoms with Gasteiger partial charge < -0.3 is 19.1 Å². The van der Waals surface area contributed by atoms with Gasteiger partial charge in [-0.25, -0.2) is 5.21 Å². The zero-order valence-electron chi connectivity index (χ0n) is 16.4. The molecule has 1 heterocycles. The third kappa shape index (κ3) is 4.62. The number of halogens is 1. The van der Waals surface area contributed by atoms with E-state index >= 15 is 0 Å². The van der Waals surface area contributed by atoms with E-state index in [0.29, 0.717) is 28.2 Å². The van der Waals surface area contributed by atoms with Crippen LogP contribution in [0.25, 0.3) is 11.0 Å². The highest BCUT2D eigenvalue weighted by molar-refractivity contribution is 9.10. The lowest BCUT2D eigenvalue weighted by molar-refractivity contribution is -0.991. The molecule has 7 nitrogen and oxygen atoms in total. The van der Waals surface area contributed by atoms with E-state index < -0.39 is 5.23 Å². The minimum atomic E-state index is -0.977. The number of hydrogen-bond acceptors (Lipinski definition) is 6. The predicted molar refractivity (Wildman–Crippen MR) is 118 cm³/mol. The third-order valence-electron chi connectivity index (χ3n) is 4.64. The van der Waals surface area contributed by atoms with Crippen LogP contribution in [0.3, 0.4) is 0 Å². The highest BCUT2D eigenvalue weighted by atomic mass is 79.9. The molecule has 3 aromatic carbocycles. The van der Waals surface area contributed by atoms with Crippen molar-refractivity contribution in [2.75, 3.05) is 0 Å². The number of hydrogen-bond donors (Lipinski definition) is 2. The van der Waals surface area contributed by atoms with Crippen LogP contribution in [0.1, 0.15) is 11.3 Å². The lowest BCUT2D eigenvalue weighted by Gasteiger charge is -2.12. The molecule has 0 spiro atoms. The van der Waals surface area contributed by atoms with Crippen molar-refractivity contribution in [3.05, 3.63) is 98.0 Å². The van der Waals surface area contributed by atoms with E-state index in [4.69, 9.17) is 19.1 Å². The Bertz CT molecular complexity index is 1280. The highest BCUT2D eigenvalue weighted by Crippen LogP contribution is 2.31. The largest absolute Gasteiger partial charge is 0.595 e. The van der Waals surface area contributed by atoms with Gasteiger partial charge in [-0.3, -0.25) is 4.79 Å². The van der Waals surface area contributed by atoms with Gasteiger partial charge in [0.1, 0.15) is 29.4 Å². The van der Waals surface area contributed by atoms with Crippen molar-refractivity contribution >= 4 is 32.6 Å². The smallest absolute Gasteiger partial charge is 0.235 e. The summed E-state index contributed by atoms with van der Waals surface area (Å²) in [6.07, 6.45) is 0. The van der Waals surface area contributed by atoms with Gasteiger partial charge >= 0.3 is 0 Å². The molecule has 31 heavy (non-hydrogen) atoms. The molecule has 158 valence electrons. The van der Waals surface area contributed by atoms with E-state index in [0.717, 1.165) is 10.0 Å². The summed E-state index contributed by atoms with van der Waals surface area (Å²) in [5, 5.41) is 19.3. The fourth-order valence-electron chi connectivity index (χ4n) is 3.02. The van der Waals surface area contributed by atoms with Gasteiger partial charge in [0.25, 0.3) is 0 Å². The monoisotopic (exact) mass is 483 g/mol. The zero-order valence-corrected chi connectivity index (χ0v) is 18.0. The number of ether oxygens (including phenoxy) is 2. The topological polar surface area (TPSA) is 96.4 Å². The molecular weight excluding hydrogens is 466 g/mol. The Labute approximate surface area is 185 Å². The summed E-state index contributed by atoms with van der Waals surface area (Å²) in [4.78, 5) is 13.0. The molecule has 1 unspecified atom stereocenters. The Kier molecular flexibility index (Phi) is 6.06. The van der Waals surface area contributed by atoms with E-state index in [1.807, 2.05) is 18.2 Å². The summed E-state index contributed by atoms with van der Waals surface area (Å²) in [7, 11) is 0. The van der Waals surface area contributed by atoms with Crippen molar-refractivity contribution in [3.8, 4) is 17.2 Å². The van der Waals surface area contributed by atoms with Crippen LogP contribution in [0, 0.1) is 12.1 Å². The first-order valence-electron chi connectivity index (χ1n) is 9.37. The van der Waals surface area contributed by atoms with Crippen LogP contribution in [-0.2, 0) is 6.61 Å². The van der Waals surface area contributed by atoms with E-state index in [1.54, 1.807) is 43.3 Å². The van der Waals surface area contributed by atoms with Gasteiger partial charge in [-0.05, 0) is 64.8 Å². The van der Waals surface area contributed by atoms with Crippen molar-refractivity contribution < 1.29 is 24.3 Å². The molecule has 0 aliphatic rings. The SMILES string of the molecule is Cc1oc2cc(OCc3ccc([NH+]([O-])O)cc3)ccc2c(=O)c1Oc1ccccc1Br. The van der Waals surface area contributed by atoms with Gasteiger partial charge in [-0.1, -0.05) is 12.1 Å². The van der Waals surface area contributed by atoms with Crippen molar-refractivity contribution in [2.24, 2.45) is 0 Å². The molecule has 0 radical (unpaired) electrons. The number of quaternary nitrogens is 1. The van der Waals surface area contributed by atoms with Crippen molar-refractivity contribution in [1.29, 1.82) is 0 Å². The Morgan fingerprint density at radius 2 is 1.84 bits per heavy atom. The maximum atomic E-state index is 13.0. The van der Waals surface area contributed by atoms with Gasteiger partial charge in [0.15, 0.2) is 5.69 Å². The first-order chi connectivity index (χ1) is 14.9. The Morgan fingerprint density at radius 3 is 2.55 bits per heavy atom. The van der Waals surface area contributed by atoms with Crippen LogP contribution in [-0.4, -0.2) is 5.21 Å². The number of rotatable bonds is 6. The molecule has 1 aromatic heterocycles. The second-order valence-electron chi connectivity index (χ2n) is 6.80. The Morgan fingerprint density at radius 1 is 1.10 bits per heavy atom. The molecule has 1 atom stereocenters. The normalized spacial score (nSPS) is 12.0. The molecule has 4 rings (SSSR count). The van der Waals surface area contributed by atoms with Crippen molar-refractivity contribution in [3.63, 3.8) is 0 Å². The minimum absolute atomic E-state index is 0.131. The van der Waals surface area contributed by atoms with Crippen LogP contribution < -0.4 is 20.1 Å². The molecule has 2 N–H and O–H groups in total. The van der Waals surface area contributed by atoms with Crippen LogP contribution >= 0.6 is 15.9 Å². The average molecular weight is 484 g/mol. The molecule has 4 aromatic rings. The van der Waals surface area contributed by atoms with Crippen LogP contribution in [0.2, 0.25) is 0 Å². The first kappa shape index (κ1) is 21.1. The van der Waals surface area contributed by atoms with Crippen molar-refractivity contribution in [1.82, 2.24) is 0 Å². The lowest BCUT2D eigenvalue weighted by Crippen LogP contribution is -2.99. The number of nitrogens with one attached hydrogen (secondary N) is 1. The summed E-state index contributed by atoms with van der Waals surface area (Å²) in [5.41, 5.74) is 1.15. The number of para-hydroxylation sites is 1. The Balaban J connectivity index is 1.57. The van der Waals surface area contributed by atoms with E-state index in [2.05, 4.69) is 15.9 Å². The molecular formula is C23H18BrNO6. The van der Waals surface area contributed by atoms with Gasteiger partial charge in [0, 0.05) is 18.2 Å². The Hall–Kier alpha value is -3.17. The van der Waals surface area contributed by atoms with E-state index in [9.17, 15) is 10.0 Å². The number of fused-ring (bicyclic) bond motifs is 1. The fourth-order valence-corrected chi connectivity index (χ4v) is 3.39. The van der Waals surface area contributed by atoms with Crippen LogP contribution in [0.4, 0.5) is 5.69 Å². The van der Waals surface area contributed by atoms with E-state index in [-0.39, 0.29) is 23.5 Å². The van der Waals surface area contributed by atoms with Gasteiger partial charge in [0.05, 0.1) is 9.86 Å². The van der Waals surface area contributed by atoms with Crippen LogP contribution in [0.15, 0.2) is 80.4 Å². The molecule has 0 bridgehead atoms. The fraction of sp³-hybridized carbons (Fsp3) is 0.0870. The molecule has 0 fully saturated rings. The summed E-state index contributed by atoms with van der Waals surface area (Å²) in [5.74, 6) is 1.53. The summed E-state index contributed by atoms with van der Waals surface area (Å²) in [6, 6.07) is 18.7. The molecule has 0 saturated heterocycles. The second-order valence-corrected chi connectivity index (χ2v) is 7.65. The maximum absolute atomic E-state index is 13.0. The summed E-state index contributed by atoms with van der Waals surface area (Å²) < 4.78 is 18.2. The van der Waals surface area contributed by atoms with E-state index in [1.165, 1.54) is 12.1 Å². The molecule has 0 amide bonds. The van der Waals surface area contributed by atoms with Crippen molar-refractivity contribution in [2.45, 2.75) is 13.5 Å². The minimum Gasteiger partial charge on any atom is -0.595 e. The number of aryl methyl sites for hydroxylation is 1. The highest BCUT2D eigenvalue weighted by Gasteiger charge is 2.15. The average Bonchev–Trinajstić information content (AvgIpc) is 2.76. The maximum Gasteiger partial charge on any atom is 0.235 e. The second kappa shape index (κ2) is 8.91. The summed E-state index contributed by atoms with van der Waals surface area (Å²) >= 11 is 3.41. The molecule has 0 aliphatic heterocycles. The number of benzene rings is 3. The molecule has 0 saturated carbocycles.